The molecule has 4 aromatic rings. The number of aromatic carboxylic acids is 2. The maximum atomic E-state index is 10.5. The topological polar surface area (TPSA) is 146 Å². The van der Waals surface area contributed by atoms with Gasteiger partial charge in [0.05, 0.1) is 23.3 Å². The van der Waals surface area contributed by atoms with Crippen LogP contribution in [0.25, 0.3) is 21.5 Å². The summed E-state index contributed by atoms with van der Waals surface area (Å²) >= 11 is 0. The van der Waals surface area contributed by atoms with Crippen molar-refractivity contribution in [3.63, 3.8) is 0 Å². The van der Waals surface area contributed by atoms with E-state index in [1.807, 2.05) is 48.5 Å². The maximum absolute atomic E-state index is 10.5. The van der Waals surface area contributed by atoms with Gasteiger partial charge in [0, 0.05) is 37.4 Å². The van der Waals surface area contributed by atoms with Crippen LogP contribution in [-0.4, -0.2) is 46.3 Å². The Balaban J connectivity index is 0.000000487. The summed E-state index contributed by atoms with van der Waals surface area (Å²) in [4.78, 5) is 28.4. The van der Waals surface area contributed by atoms with Gasteiger partial charge in [-0.1, -0.05) is 48.5 Å². The van der Waals surface area contributed by atoms with Crippen LogP contribution in [-0.2, 0) is 16.8 Å². The Morgan fingerprint density at radius 3 is 1.23 bits per heavy atom. The van der Waals surface area contributed by atoms with Crippen LogP contribution in [0.2, 0.25) is 0 Å². The number of carbonyl (C=O) groups is 2. The van der Waals surface area contributed by atoms with E-state index in [1.165, 1.54) is 24.5 Å². The Kier molecular flexibility index (Phi) is 13.0. The van der Waals surface area contributed by atoms with Gasteiger partial charge < -0.3 is 30.0 Å². The Hall–Kier alpha value is -3.37. The quantitative estimate of drug-likeness (QED) is 0.431. The second-order valence-electron chi connectivity index (χ2n) is 5.41. The summed E-state index contributed by atoms with van der Waals surface area (Å²) in [5, 5.41) is 38.5. The molecule has 0 spiro atoms. The minimum atomic E-state index is -1.24. The molecule has 0 atom stereocenters. The first-order chi connectivity index (χ1) is 14.5. The first kappa shape index (κ1) is 27.6. The van der Waals surface area contributed by atoms with Crippen LogP contribution in [0.15, 0.2) is 73.1 Å². The van der Waals surface area contributed by atoms with Gasteiger partial charge in [0.2, 0.25) is 0 Å². The average molecular weight is 467 g/mol. The third-order valence-corrected chi connectivity index (χ3v) is 3.68. The van der Waals surface area contributed by atoms with Gasteiger partial charge in [-0.25, -0.2) is 0 Å². The number of carboxylic acid groups (broad SMARTS) is 2. The largest absolute Gasteiger partial charge is 2.00 e. The average Bonchev–Trinajstić information content (AvgIpc) is 2.81. The number of hydrogen-bond acceptors (Lipinski definition) is 8. The van der Waals surface area contributed by atoms with Crippen LogP contribution in [0.3, 0.4) is 0 Å². The zero-order valence-corrected chi connectivity index (χ0v) is 17.7. The maximum Gasteiger partial charge on any atom is 2.00 e. The fraction of sp³-hybridized carbons (Fsp3) is 0.0909. The SMILES string of the molecule is CO.CO.O=C([O-])c1cc2ccccc2cn1.O=C([O-])c1cc2ccccc2cn1.[Co+2]. The molecule has 2 aromatic carbocycles. The molecular formula is C22H20CoN2O6. The van der Waals surface area contributed by atoms with Crippen molar-refractivity contribution >= 4 is 33.5 Å². The van der Waals surface area contributed by atoms with Crippen molar-refractivity contribution < 1.29 is 46.8 Å². The van der Waals surface area contributed by atoms with E-state index in [9.17, 15) is 19.8 Å². The van der Waals surface area contributed by atoms with Crippen molar-refractivity contribution in [1.82, 2.24) is 9.97 Å². The Morgan fingerprint density at radius 1 is 0.645 bits per heavy atom. The minimum Gasteiger partial charge on any atom is -0.543 e. The second-order valence-corrected chi connectivity index (χ2v) is 5.41. The molecule has 0 aliphatic carbocycles. The molecular weight excluding hydrogens is 447 g/mol. The molecule has 0 amide bonds. The van der Waals surface area contributed by atoms with Gasteiger partial charge in [0.15, 0.2) is 0 Å². The molecule has 2 heterocycles. The molecule has 31 heavy (non-hydrogen) atoms. The van der Waals surface area contributed by atoms with Gasteiger partial charge in [0.1, 0.15) is 0 Å². The molecule has 163 valence electrons. The van der Waals surface area contributed by atoms with Crippen molar-refractivity contribution in [1.29, 1.82) is 0 Å². The van der Waals surface area contributed by atoms with Crippen molar-refractivity contribution in [3.05, 3.63) is 84.4 Å². The van der Waals surface area contributed by atoms with E-state index in [-0.39, 0.29) is 28.2 Å². The molecule has 8 nitrogen and oxygen atoms in total. The Morgan fingerprint density at radius 2 is 0.935 bits per heavy atom. The fourth-order valence-corrected chi connectivity index (χ4v) is 2.39. The van der Waals surface area contributed by atoms with Gasteiger partial charge in [-0.2, -0.15) is 0 Å². The van der Waals surface area contributed by atoms with E-state index in [1.54, 1.807) is 0 Å². The van der Waals surface area contributed by atoms with E-state index in [4.69, 9.17) is 10.2 Å². The predicted octanol–water partition coefficient (Wildman–Crippen LogP) is 0.411. The number of carbonyl (C=O) groups excluding carboxylic acids is 2. The summed E-state index contributed by atoms with van der Waals surface area (Å²) in [6.45, 7) is 0. The molecule has 0 saturated carbocycles. The Labute approximate surface area is 189 Å². The number of pyridine rings is 2. The van der Waals surface area contributed by atoms with Gasteiger partial charge in [-0.05, 0) is 22.9 Å². The first-order valence-electron chi connectivity index (χ1n) is 8.56. The number of fused-ring (bicyclic) bond motifs is 2. The van der Waals surface area contributed by atoms with Crippen molar-refractivity contribution in [2.24, 2.45) is 0 Å². The zero-order valence-electron chi connectivity index (χ0n) is 16.7. The molecule has 0 aliphatic rings. The molecule has 0 aliphatic heterocycles. The van der Waals surface area contributed by atoms with Crippen LogP contribution in [0.4, 0.5) is 0 Å². The number of nitrogens with zero attached hydrogens (tertiary/aromatic N) is 2. The monoisotopic (exact) mass is 467 g/mol. The van der Waals surface area contributed by atoms with Crippen LogP contribution in [0.1, 0.15) is 21.0 Å². The summed E-state index contributed by atoms with van der Waals surface area (Å²) in [7, 11) is 2.00. The molecule has 9 heteroatoms. The Bertz CT molecular complexity index is 1030. The van der Waals surface area contributed by atoms with Crippen molar-refractivity contribution in [2.75, 3.05) is 14.2 Å². The molecule has 2 aromatic heterocycles. The third kappa shape index (κ3) is 8.11. The number of rotatable bonds is 2. The zero-order chi connectivity index (χ0) is 22.5. The number of aromatic nitrogens is 2. The van der Waals surface area contributed by atoms with Gasteiger partial charge in [0.25, 0.3) is 0 Å². The molecule has 4 rings (SSSR count). The van der Waals surface area contributed by atoms with Crippen LogP contribution >= 0.6 is 0 Å². The molecule has 0 bridgehead atoms. The van der Waals surface area contributed by atoms with Gasteiger partial charge in [-0.3, -0.25) is 9.97 Å². The molecule has 2 N–H and O–H groups in total. The van der Waals surface area contributed by atoms with Crippen LogP contribution in [0.5, 0.6) is 0 Å². The normalized spacial score (nSPS) is 8.90. The molecule has 1 radical (unpaired) electrons. The van der Waals surface area contributed by atoms with Crippen molar-refractivity contribution in [3.8, 4) is 0 Å². The predicted molar refractivity (Wildman–Crippen MR) is 108 cm³/mol. The minimum absolute atomic E-state index is 0. The van der Waals surface area contributed by atoms with Crippen LogP contribution in [0, 0.1) is 0 Å². The number of hydrogen-bond donors (Lipinski definition) is 2. The van der Waals surface area contributed by atoms with Gasteiger partial charge in [-0.15, -0.1) is 0 Å². The van der Waals surface area contributed by atoms with E-state index in [0.29, 0.717) is 0 Å². The molecule has 0 unspecified atom stereocenters. The smallest absolute Gasteiger partial charge is 0.543 e. The summed E-state index contributed by atoms with van der Waals surface area (Å²) in [6.07, 6.45) is 3.06. The third-order valence-electron chi connectivity index (χ3n) is 3.68. The number of aliphatic hydroxyl groups is 2. The van der Waals surface area contributed by atoms with Crippen molar-refractivity contribution in [2.45, 2.75) is 0 Å². The van der Waals surface area contributed by atoms with E-state index >= 15 is 0 Å². The number of aliphatic hydroxyl groups excluding tert-OH is 2. The first-order valence-corrected chi connectivity index (χ1v) is 8.56. The van der Waals surface area contributed by atoms with Gasteiger partial charge >= 0.3 is 16.8 Å². The second kappa shape index (κ2) is 14.6. The summed E-state index contributed by atoms with van der Waals surface area (Å²) in [5.41, 5.74) is -0.0580. The van der Waals surface area contributed by atoms with E-state index < -0.39 is 11.9 Å². The van der Waals surface area contributed by atoms with E-state index in [2.05, 4.69) is 9.97 Å². The molecule has 0 fully saturated rings. The standard InChI is InChI=1S/2C10H7NO2.2CH4O.Co/c2*12-10(13)9-5-7-3-1-2-4-8(7)6-11-9;2*1-2;/h2*1-6H,(H,12,13);2*2H,1H3;/q;;;;+2/p-2. The summed E-state index contributed by atoms with van der Waals surface area (Å²) < 4.78 is 0. The number of carboxylic acids is 2. The summed E-state index contributed by atoms with van der Waals surface area (Å²) in [5.74, 6) is -2.49. The summed E-state index contributed by atoms with van der Waals surface area (Å²) in [6, 6.07) is 17.9. The van der Waals surface area contributed by atoms with E-state index in [0.717, 1.165) is 35.8 Å². The fourth-order valence-electron chi connectivity index (χ4n) is 2.39. The van der Waals surface area contributed by atoms with Crippen LogP contribution < -0.4 is 10.2 Å². The number of benzene rings is 2. The molecule has 0 saturated heterocycles.